The van der Waals surface area contributed by atoms with Gasteiger partial charge in [0.25, 0.3) is 5.91 Å². The van der Waals surface area contributed by atoms with Crippen molar-refractivity contribution in [1.29, 1.82) is 0 Å². The van der Waals surface area contributed by atoms with Gasteiger partial charge in [0.05, 0.1) is 5.56 Å². The molecule has 2 saturated heterocycles. The number of hydrogen-bond acceptors (Lipinski definition) is 5. The highest BCUT2D eigenvalue weighted by Gasteiger charge is 2.32. The molecule has 0 aliphatic carbocycles. The summed E-state index contributed by atoms with van der Waals surface area (Å²) in [6.07, 6.45) is 8.06. The summed E-state index contributed by atoms with van der Waals surface area (Å²) in [6.45, 7) is 3.21. The van der Waals surface area contributed by atoms with E-state index < -0.39 is 0 Å². The highest BCUT2D eigenvalue weighted by molar-refractivity contribution is 5.94. The summed E-state index contributed by atoms with van der Waals surface area (Å²) in [5.41, 5.74) is 1.24. The normalized spacial score (nSPS) is 25.2. The Bertz CT molecular complexity index is 697. The van der Waals surface area contributed by atoms with Crippen molar-refractivity contribution in [2.75, 3.05) is 19.6 Å². The summed E-state index contributed by atoms with van der Waals surface area (Å²) in [6, 6.07) is 4.19. The lowest BCUT2D eigenvalue weighted by molar-refractivity contribution is 0.0575. The van der Waals surface area contributed by atoms with Crippen molar-refractivity contribution in [3.63, 3.8) is 0 Å². The van der Waals surface area contributed by atoms with E-state index in [1.54, 1.807) is 18.3 Å². The van der Waals surface area contributed by atoms with Crippen molar-refractivity contribution in [2.45, 2.75) is 38.1 Å². The number of tetrazole rings is 1. The van der Waals surface area contributed by atoms with E-state index in [1.807, 2.05) is 0 Å². The predicted molar refractivity (Wildman–Crippen MR) is 85.1 cm³/mol. The van der Waals surface area contributed by atoms with Crippen molar-refractivity contribution in [3.05, 3.63) is 23.9 Å². The van der Waals surface area contributed by atoms with Gasteiger partial charge in [-0.2, -0.15) is 4.52 Å². The predicted octanol–water partition coefficient (Wildman–Crippen LogP) is 1.12. The maximum atomic E-state index is 12.4. The summed E-state index contributed by atoms with van der Waals surface area (Å²) in [5, 5.41) is 14.4. The van der Waals surface area contributed by atoms with Crippen molar-refractivity contribution in [3.8, 4) is 0 Å². The molecule has 2 aliphatic heterocycles. The van der Waals surface area contributed by atoms with Crippen LogP contribution >= 0.6 is 0 Å². The van der Waals surface area contributed by atoms with Gasteiger partial charge in [-0.05, 0) is 67.3 Å². The number of pyridine rings is 1. The SMILES string of the molecule is O=C(NC[C@@H]1CCCN2CCCCC12)c1ccc2nnnn2c1. The fourth-order valence-electron chi connectivity index (χ4n) is 4.02. The highest BCUT2D eigenvalue weighted by Crippen LogP contribution is 2.30. The van der Waals surface area contributed by atoms with E-state index in [0.29, 0.717) is 23.2 Å². The minimum Gasteiger partial charge on any atom is -0.352 e. The molecule has 23 heavy (non-hydrogen) atoms. The van der Waals surface area contributed by atoms with E-state index in [4.69, 9.17) is 0 Å². The second kappa shape index (κ2) is 6.23. The molecule has 1 unspecified atom stereocenters. The van der Waals surface area contributed by atoms with Crippen LogP contribution < -0.4 is 5.32 Å². The highest BCUT2D eigenvalue weighted by atomic mass is 16.1. The van der Waals surface area contributed by atoms with Gasteiger partial charge in [-0.1, -0.05) is 6.42 Å². The summed E-state index contributed by atoms with van der Waals surface area (Å²) in [4.78, 5) is 15.0. The average Bonchev–Trinajstić information content (AvgIpc) is 3.07. The summed E-state index contributed by atoms with van der Waals surface area (Å²) in [7, 11) is 0. The Balaban J connectivity index is 1.40. The van der Waals surface area contributed by atoms with Gasteiger partial charge in [-0.3, -0.25) is 4.79 Å². The van der Waals surface area contributed by atoms with Crippen LogP contribution in [0.5, 0.6) is 0 Å². The third-order valence-electron chi connectivity index (χ3n) is 5.21. The van der Waals surface area contributed by atoms with Crippen LogP contribution in [0.25, 0.3) is 5.65 Å². The Morgan fingerprint density at radius 1 is 1.22 bits per heavy atom. The molecule has 2 atom stereocenters. The van der Waals surface area contributed by atoms with E-state index >= 15 is 0 Å². The van der Waals surface area contributed by atoms with E-state index in [-0.39, 0.29) is 5.91 Å². The summed E-state index contributed by atoms with van der Waals surface area (Å²) in [5.74, 6) is 0.528. The molecule has 0 bridgehead atoms. The molecule has 7 heteroatoms. The lowest BCUT2D eigenvalue weighted by Crippen LogP contribution is -2.51. The number of piperidine rings is 2. The van der Waals surface area contributed by atoms with Crippen molar-refractivity contribution >= 4 is 11.6 Å². The molecule has 0 saturated carbocycles. The largest absolute Gasteiger partial charge is 0.352 e. The maximum absolute atomic E-state index is 12.4. The van der Waals surface area contributed by atoms with Gasteiger partial charge < -0.3 is 10.2 Å². The summed E-state index contributed by atoms with van der Waals surface area (Å²) >= 11 is 0. The van der Waals surface area contributed by atoms with Crippen molar-refractivity contribution < 1.29 is 4.79 Å². The van der Waals surface area contributed by atoms with Crippen LogP contribution in [-0.2, 0) is 0 Å². The van der Waals surface area contributed by atoms with Gasteiger partial charge in [0.15, 0.2) is 5.65 Å². The number of rotatable bonds is 3. The first-order valence-electron chi connectivity index (χ1n) is 8.51. The Morgan fingerprint density at radius 3 is 3.09 bits per heavy atom. The van der Waals surface area contributed by atoms with Gasteiger partial charge in [-0.15, -0.1) is 5.10 Å². The minimum absolute atomic E-state index is 0.0460. The first kappa shape index (κ1) is 14.6. The third-order valence-corrected chi connectivity index (χ3v) is 5.21. The fraction of sp³-hybridized carbons (Fsp3) is 0.625. The number of carbonyl (C=O) groups is 1. The molecule has 7 nitrogen and oxygen atoms in total. The number of hydrogen-bond donors (Lipinski definition) is 1. The maximum Gasteiger partial charge on any atom is 0.252 e. The molecular weight excluding hydrogens is 292 g/mol. The number of nitrogens with one attached hydrogen (secondary N) is 1. The molecule has 0 aromatic carbocycles. The molecule has 122 valence electrons. The van der Waals surface area contributed by atoms with Crippen LogP contribution in [0, 0.1) is 5.92 Å². The minimum atomic E-state index is -0.0460. The van der Waals surface area contributed by atoms with Crippen molar-refractivity contribution in [1.82, 2.24) is 30.3 Å². The number of nitrogens with zero attached hydrogens (tertiary/aromatic N) is 5. The molecule has 2 aromatic heterocycles. The van der Waals surface area contributed by atoms with Crippen molar-refractivity contribution in [2.24, 2.45) is 5.92 Å². The van der Waals surface area contributed by atoms with Crippen LogP contribution in [0.1, 0.15) is 42.5 Å². The van der Waals surface area contributed by atoms with Gasteiger partial charge in [0, 0.05) is 18.8 Å². The molecule has 4 heterocycles. The second-order valence-electron chi connectivity index (χ2n) is 6.61. The van der Waals surface area contributed by atoms with E-state index in [2.05, 4.69) is 25.7 Å². The first-order valence-corrected chi connectivity index (χ1v) is 8.51. The molecule has 0 radical (unpaired) electrons. The molecule has 4 rings (SSSR count). The molecule has 2 fully saturated rings. The lowest BCUT2D eigenvalue weighted by atomic mass is 9.83. The zero-order valence-electron chi connectivity index (χ0n) is 13.2. The van der Waals surface area contributed by atoms with Gasteiger partial charge in [-0.25, -0.2) is 0 Å². The molecule has 2 aromatic rings. The number of fused-ring (bicyclic) bond motifs is 2. The quantitative estimate of drug-likeness (QED) is 0.919. The lowest BCUT2D eigenvalue weighted by Gasteiger charge is -2.44. The average molecular weight is 314 g/mol. The molecule has 0 spiro atoms. The first-order chi connectivity index (χ1) is 11.3. The number of aromatic nitrogens is 4. The zero-order chi connectivity index (χ0) is 15.6. The van der Waals surface area contributed by atoms with E-state index in [0.717, 1.165) is 6.54 Å². The topological polar surface area (TPSA) is 75.4 Å². The molecular formula is C16H22N6O. The smallest absolute Gasteiger partial charge is 0.252 e. The van der Waals surface area contributed by atoms with Crippen LogP contribution in [-0.4, -0.2) is 56.5 Å². The molecule has 1 N–H and O–H groups in total. The van der Waals surface area contributed by atoms with Crippen LogP contribution in [0.15, 0.2) is 18.3 Å². The number of amides is 1. The zero-order valence-corrected chi connectivity index (χ0v) is 13.2. The fourth-order valence-corrected chi connectivity index (χ4v) is 4.02. The van der Waals surface area contributed by atoms with Crippen LogP contribution in [0.4, 0.5) is 0 Å². The molecule has 2 aliphatic rings. The second-order valence-corrected chi connectivity index (χ2v) is 6.61. The number of carbonyl (C=O) groups excluding carboxylic acids is 1. The van der Waals surface area contributed by atoms with Gasteiger partial charge >= 0.3 is 0 Å². The van der Waals surface area contributed by atoms with Crippen LogP contribution in [0.2, 0.25) is 0 Å². The summed E-state index contributed by atoms with van der Waals surface area (Å²) < 4.78 is 1.53. The standard InChI is InChI=1S/C16H22N6O/c23-16(13-6-7-15-18-19-20-22(15)11-13)17-10-12-4-3-9-21-8-2-1-5-14(12)21/h6-7,11-12,14H,1-5,8-10H2,(H,17,23)/t12-,14?/m0/s1. The van der Waals surface area contributed by atoms with Gasteiger partial charge in [0.1, 0.15) is 0 Å². The Hall–Kier alpha value is -2.02. The van der Waals surface area contributed by atoms with E-state index in [9.17, 15) is 4.79 Å². The monoisotopic (exact) mass is 314 g/mol. The third kappa shape index (κ3) is 2.93. The van der Waals surface area contributed by atoms with E-state index in [1.165, 1.54) is 49.7 Å². The molecule has 1 amide bonds. The van der Waals surface area contributed by atoms with Gasteiger partial charge in [0.2, 0.25) is 0 Å². The Labute approximate surface area is 135 Å². The Morgan fingerprint density at radius 2 is 2.13 bits per heavy atom. The van der Waals surface area contributed by atoms with Crippen LogP contribution in [0.3, 0.4) is 0 Å². The Kier molecular flexibility index (Phi) is 3.95.